The molecule has 0 unspecified atom stereocenters. The summed E-state index contributed by atoms with van der Waals surface area (Å²) in [6, 6.07) is 10.9. The van der Waals surface area contributed by atoms with E-state index in [0.29, 0.717) is 12.5 Å². The summed E-state index contributed by atoms with van der Waals surface area (Å²) in [6.07, 6.45) is 2.55. The van der Waals surface area contributed by atoms with Crippen molar-refractivity contribution in [3.63, 3.8) is 0 Å². The van der Waals surface area contributed by atoms with E-state index >= 15 is 0 Å². The zero-order valence-corrected chi connectivity index (χ0v) is 10.9. The molecular formula is C16H16FNO. The van der Waals surface area contributed by atoms with Gasteiger partial charge in [0.05, 0.1) is 6.42 Å². The molecule has 1 fully saturated rings. The predicted molar refractivity (Wildman–Crippen MR) is 73.4 cm³/mol. The van der Waals surface area contributed by atoms with Crippen molar-refractivity contribution in [1.82, 2.24) is 4.90 Å². The third kappa shape index (κ3) is 2.46. The molecule has 19 heavy (non-hydrogen) atoms. The van der Waals surface area contributed by atoms with Gasteiger partial charge in [0.15, 0.2) is 0 Å². The van der Waals surface area contributed by atoms with Crippen LogP contribution in [0, 0.1) is 5.82 Å². The molecule has 3 rings (SSSR count). The molecule has 0 aromatic heterocycles. The lowest BCUT2D eigenvalue weighted by Crippen LogP contribution is -2.30. The van der Waals surface area contributed by atoms with E-state index in [0.717, 1.165) is 29.2 Å². The van der Waals surface area contributed by atoms with Gasteiger partial charge in [-0.05, 0) is 41.3 Å². The van der Waals surface area contributed by atoms with Crippen LogP contribution in [-0.2, 0) is 11.2 Å². The van der Waals surface area contributed by atoms with Crippen molar-refractivity contribution in [2.75, 3.05) is 7.05 Å². The van der Waals surface area contributed by atoms with Crippen LogP contribution in [0.4, 0.5) is 4.39 Å². The first kappa shape index (κ1) is 12.2. The number of likely N-dealkylation sites (N-methyl/N-ethyl adjacent to an activating group) is 1. The number of fused-ring (bicyclic) bond motifs is 1. The lowest BCUT2D eigenvalue weighted by Gasteiger charge is -2.16. The number of rotatable bonds is 3. The lowest BCUT2D eigenvalue weighted by molar-refractivity contribution is -0.129. The van der Waals surface area contributed by atoms with Gasteiger partial charge >= 0.3 is 0 Å². The minimum atomic E-state index is -0.261. The molecule has 98 valence electrons. The second kappa shape index (κ2) is 4.65. The summed E-state index contributed by atoms with van der Waals surface area (Å²) in [5.41, 5.74) is 0.898. The third-order valence-electron chi connectivity index (χ3n) is 3.76. The van der Waals surface area contributed by atoms with Crippen LogP contribution in [0.5, 0.6) is 0 Å². The molecule has 0 atom stereocenters. The summed E-state index contributed by atoms with van der Waals surface area (Å²) in [5.74, 6) is -0.151. The first-order chi connectivity index (χ1) is 9.15. The molecule has 2 aromatic rings. The molecular weight excluding hydrogens is 241 g/mol. The smallest absolute Gasteiger partial charge is 0.227 e. The zero-order valence-electron chi connectivity index (χ0n) is 10.9. The Bertz CT molecular complexity index is 634. The minimum absolute atomic E-state index is 0.110. The van der Waals surface area contributed by atoms with Gasteiger partial charge < -0.3 is 4.90 Å². The molecule has 3 heteroatoms. The largest absolute Gasteiger partial charge is 0.342 e. The highest BCUT2D eigenvalue weighted by Gasteiger charge is 2.29. The molecule has 1 amide bonds. The molecule has 1 aliphatic carbocycles. The predicted octanol–water partition coefficient (Wildman–Crippen LogP) is 3.14. The van der Waals surface area contributed by atoms with Gasteiger partial charge in [-0.2, -0.15) is 0 Å². The highest BCUT2D eigenvalue weighted by molar-refractivity contribution is 5.90. The van der Waals surface area contributed by atoms with Crippen LogP contribution < -0.4 is 0 Å². The second-order valence-corrected chi connectivity index (χ2v) is 5.20. The maximum Gasteiger partial charge on any atom is 0.227 e. The molecule has 0 spiro atoms. The monoisotopic (exact) mass is 257 g/mol. The van der Waals surface area contributed by atoms with Gasteiger partial charge in [-0.1, -0.05) is 24.3 Å². The van der Waals surface area contributed by atoms with E-state index in [1.165, 1.54) is 12.1 Å². The van der Waals surface area contributed by atoms with E-state index in [1.807, 2.05) is 30.1 Å². The number of benzene rings is 2. The Morgan fingerprint density at radius 3 is 2.84 bits per heavy atom. The van der Waals surface area contributed by atoms with Crippen LogP contribution in [0.2, 0.25) is 0 Å². The van der Waals surface area contributed by atoms with Crippen molar-refractivity contribution in [3.8, 4) is 0 Å². The normalized spacial score (nSPS) is 14.6. The summed E-state index contributed by atoms with van der Waals surface area (Å²) in [5, 5.41) is 1.81. The highest BCUT2D eigenvalue weighted by Crippen LogP contribution is 2.27. The molecule has 0 N–H and O–H groups in total. The van der Waals surface area contributed by atoms with Crippen LogP contribution in [-0.4, -0.2) is 23.9 Å². The Morgan fingerprint density at radius 2 is 2.11 bits per heavy atom. The van der Waals surface area contributed by atoms with Gasteiger partial charge in [-0.25, -0.2) is 4.39 Å². The van der Waals surface area contributed by atoms with Gasteiger partial charge in [0.1, 0.15) is 5.82 Å². The molecule has 1 aliphatic rings. The SMILES string of the molecule is CN(C(=O)Cc1cccc2ccc(F)cc12)C1CC1. The fourth-order valence-corrected chi connectivity index (χ4v) is 2.42. The fraction of sp³-hybridized carbons (Fsp3) is 0.312. The molecule has 1 saturated carbocycles. The first-order valence-corrected chi connectivity index (χ1v) is 6.58. The van der Waals surface area contributed by atoms with Crippen molar-refractivity contribution in [2.45, 2.75) is 25.3 Å². The highest BCUT2D eigenvalue weighted by atomic mass is 19.1. The van der Waals surface area contributed by atoms with Crippen molar-refractivity contribution in [2.24, 2.45) is 0 Å². The summed E-state index contributed by atoms with van der Waals surface area (Å²) in [7, 11) is 1.85. The number of amides is 1. The van der Waals surface area contributed by atoms with Gasteiger partial charge in [-0.15, -0.1) is 0 Å². The van der Waals surface area contributed by atoms with Gasteiger partial charge in [0.2, 0.25) is 5.91 Å². The summed E-state index contributed by atoms with van der Waals surface area (Å²) >= 11 is 0. The molecule has 2 aromatic carbocycles. The van der Waals surface area contributed by atoms with E-state index < -0.39 is 0 Å². The minimum Gasteiger partial charge on any atom is -0.342 e. The number of carbonyl (C=O) groups excluding carboxylic acids is 1. The van der Waals surface area contributed by atoms with Crippen LogP contribution in [0.15, 0.2) is 36.4 Å². The Labute approximate surface area is 111 Å². The topological polar surface area (TPSA) is 20.3 Å². The summed E-state index contributed by atoms with van der Waals surface area (Å²) in [6.45, 7) is 0. The number of halogens is 1. The quantitative estimate of drug-likeness (QED) is 0.827. The fourth-order valence-electron chi connectivity index (χ4n) is 2.42. The second-order valence-electron chi connectivity index (χ2n) is 5.20. The van der Waals surface area contributed by atoms with E-state index in [1.54, 1.807) is 6.07 Å². The maximum atomic E-state index is 13.4. The summed E-state index contributed by atoms with van der Waals surface area (Å²) < 4.78 is 13.4. The average molecular weight is 257 g/mol. The zero-order chi connectivity index (χ0) is 13.4. The Hall–Kier alpha value is -1.90. The average Bonchev–Trinajstić information content (AvgIpc) is 3.23. The van der Waals surface area contributed by atoms with E-state index in [2.05, 4.69) is 0 Å². The van der Waals surface area contributed by atoms with Crippen LogP contribution in [0.25, 0.3) is 10.8 Å². The number of hydrogen-bond donors (Lipinski definition) is 0. The van der Waals surface area contributed by atoms with Crippen molar-refractivity contribution < 1.29 is 9.18 Å². The van der Waals surface area contributed by atoms with Crippen molar-refractivity contribution >= 4 is 16.7 Å². The third-order valence-corrected chi connectivity index (χ3v) is 3.76. The maximum absolute atomic E-state index is 13.4. The van der Waals surface area contributed by atoms with Crippen molar-refractivity contribution in [1.29, 1.82) is 0 Å². The van der Waals surface area contributed by atoms with Crippen LogP contribution >= 0.6 is 0 Å². The van der Waals surface area contributed by atoms with Gasteiger partial charge in [0, 0.05) is 13.1 Å². The summed E-state index contributed by atoms with van der Waals surface area (Å²) in [4.78, 5) is 14.0. The van der Waals surface area contributed by atoms with Gasteiger partial charge in [0.25, 0.3) is 0 Å². The number of nitrogens with zero attached hydrogens (tertiary/aromatic N) is 1. The standard InChI is InChI=1S/C16H16FNO/c1-18(14-7-8-14)16(19)9-12-4-2-3-11-5-6-13(17)10-15(11)12/h2-6,10,14H,7-9H2,1H3. The Kier molecular flexibility index (Phi) is 2.97. The molecule has 2 nitrogen and oxygen atoms in total. The molecule has 0 radical (unpaired) electrons. The van der Waals surface area contributed by atoms with Gasteiger partial charge in [-0.3, -0.25) is 4.79 Å². The van der Waals surface area contributed by atoms with Crippen LogP contribution in [0.3, 0.4) is 0 Å². The van der Waals surface area contributed by atoms with E-state index in [-0.39, 0.29) is 11.7 Å². The van der Waals surface area contributed by atoms with Crippen LogP contribution in [0.1, 0.15) is 18.4 Å². The first-order valence-electron chi connectivity index (χ1n) is 6.58. The number of carbonyl (C=O) groups is 1. The van der Waals surface area contributed by atoms with E-state index in [4.69, 9.17) is 0 Å². The molecule has 0 heterocycles. The lowest BCUT2D eigenvalue weighted by atomic mass is 10.0. The van der Waals surface area contributed by atoms with Crippen molar-refractivity contribution in [3.05, 3.63) is 47.8 Å². The molecule has 0 bridgehead atoms. The van der Waals surface area contributed by atoms with E-state index in [9.17, 15) is 9.18 Å². The Morgan fingerprint density at radius 1 is 1.32 bits per heavy atom. The molecule has 0 saturated heterocycles. The molecule has 0 aliphatic heterocycles. The number of hydrogen-bond acceptors (Lipinski definition) is 1. The Balaban J connectivity index is 1.91.